The molecule has 1 amide bonds. The van der Waals surface area contributed by atoms with Gasteiger partial charge in [-0.1, -0.05) is 39.0 Å². The Hall–Kier alpha value is -2.34. The molecule has 0 bridgehead atoms. The van der Waals surface area contributed by atoms with Gasteiger partial charge in [0.25, 0.3) is 5.91 Å². The Morgan fingerprint density at radius 2 is 1.89 bits per heavy atom. The zero-order chi connectivity index (χ0) is 20.0. The van der Waals surface area contributed by atoms with Gasteiger partial charge in [0.2, 0.25) is 0 Å². The van der Waals surface area contributed by atoms with Crippen molar-refractivity contribution in [3.63, 3.8) is 0 Å². The summed E-state index contributed by atoms with van der Waals surface area (Å²) in [6.45, 7) is 6.63. The lowest BCUT2D eigenvalue weighted by Crippen LogP contribution is -2.49. The molecule has 0 saturated heterocycles. The van der Waals surface area contributed by atoms with Crippen molar-refractivity contribution < 1.29 is 19.4 Å². The van der Waals surface area contributed by atoms with Gasteiger partial charge in [0.1, 0.15) is 6.04 Å². The predicted octanol–water partition coefficient (Wildman–Crippen LogP) is 3.12. The Morgan fingerprint density at radius 3 is 2.52 bits per heavy atom. The molecule has 1 atom stereocenters. The maximum atomic E-state index is 13.0. The van der Waals surface area contributed by atoms with Crippen LogP contribution < -0.4 is 5.32 Å². The van der Waals surface area contributed by atoms with Crippen molar-refractivity contribution in [1.29, 1.82) is 0 Å². The molecule has 1 aromatic heterocycles. The monoisotopic (exact) mass is 374 g/mol. The minimum Gasteiger partial charge on any atom is -0.467 e. The number of aliphatic hydroxyl groups excluding tert-OH is 1. The molecule has 6 heteroatoms. The SMILES string of the molecule is COC(=O)C(NC(=O)c1cn(CCCCCO)c2ccccc12)C(C)(C)C. The number of carbonyl (C=O) groups excluding carboxylic acids is 2. The van der Waals surface area contributed by atoms with E-state index in [4.69, 9.17) is 9.84 Å². The Balaban J connectivity index is 2.28. The highest BCUT2D eigenvalue weighted by atomic mass is 16.5. The number of hydrogen-bond donors (Lipinski definition) is 2. The Bertz CT molecular complexity index is 789. The van der Waals surface area contributed by atoms with Gasteiger partial charge in [-0.25, -0.2) is 4.79 Å². The van der Waals surface area contributed by atoms with Crippen LogP contribution in [0.15, 0.2) is 30.5 Å². The summed E-state index contributed by atoms with van der Waals surface area (Å²) in [6.07, 6.45) is 4.47. The fraction of sp³-hybridized carbons (Fsp3) is 0.524. The van der Waals surface area contributed by atoms with E-state index in [0.717, 1.165) is 36.7 Å². The molecule has 1 unspecified atom stereocenters. The summed E-state index contributed by atoms with van der Waals surface area (Å²) >= 11 is 0. The lowest BCUT2D eigenvalue weighted by Gasteiger charge is -2.28. The zero-order valence-electron chi connectivity index (χ0n) is 16.6. The maximum Gasteiger partial charge on any atom is 0.328 e. The molecule has 0 saturated carbocycles. The average molecular weight is 374 g/mol. The molecule has 0 aliphatic carbocycles. The molecule has 2 N–H and O–H groups in total. The van der Waals surface area contributed by atoms with Crippen LogP contribution in [0.2, 0.25) is 0 Å². The summed E-state index contributed by atoms with van der Waals surface area (Å²) in [4.78, 5) is 25.1. The van der Waals surface area contributed by atoms with Crippen molar-refractivity contribution in [1.82, 2.24) is 9.88 Å². The van der Waals surface area contributed by atoms with E-state index in [9.17, 15) is 9.59 Å². The van der Waals surface area contributed by atoms with Crippen molar-refractivity contribution in [2.75, 3.05) is 13.7 Å². The number of methoxy groups -OCH3 is 1. The second-order valence-corrected chi connectivity index (χ2v) is 7.83. The molecule has 1 heterocycles. The fourth-order valence-electron chi connectivity index (χ4n) is 3.14. The van der Waals surface area contributed by atoms with Crippen molar-refractivity contribution >= 4 is 22.8 Å². The van der Waals surface area contributed by atoms with E-state index >= 15 is 0 Å². The molecule has 0 aliphatic heterocycles. The number of nitrogens with one attached hydrogen (secondary N) is 1. The Morgan fingerprint density at radius 1 is 1.19 bits per heavy atom. The molecule has 1 aromatic carbocycles. The summed E-state index contributed by atoms with van der Waals surface area (Å²) < 4.78 is 6.93. The number of rotatable bonds is 8. The number of fused-ring (bicyclic) bond motifs is 1. The van der Waals surface area contributed by atoms with Gasteiger partial charge < -0.3 is 19.7 Å². The molecule has 27 heavy (non-hydrogen) atoms. The van der Waals surface area contributed by atoms with Gasteiger partial charge in [0.05, 0.1) is 12.7 Å². The van der Waals surface area contributed by atoms with Crippen molar-refractivity contribution in [3.8, 4) is 0 Å². The quantitative estimate of drug-likeness (QED) is 0.549. The van der Waals surface area contributed by atoms with Crippen molar-refractivity contribution in [2.24, 2.45) is 5.41 Å². The summed E-state index contributed by atoms with van der Waals surface area (Å²) in [5, 5.41) is 12.6. The van der Waals surface area contributed by atoms with E-state index in [2.05, 4.69) is 9.88 Å². The van der Waals surface area contributed by atoms with Crippen LogP contribution >= 0.6 is 0 Å². The summed E-state index contributed by atoms with van der Waals surface area (Å²) in [5.41, 5.74) is 1.06. The fourth-order valence-corrected chi connectivity index (χ4v) is 3.14. The number of ether oxygens (including phenoxy) is 1. The second kappa shape index (κ2) is 9.04. The van der Waals surface area contributed by atoms with Crippen LogP contribution in [0.25, 0.3) is 10.9 Å². The van der Waals surface area contributed by atoms with Crippen LogP contribution in [0.5, 0.6) is 0 Å². The first-order valence-corrected chi connectivity index (χ1v) is 9.37. The van der Waals surface area contributed by atoms with Gasteiger partial charge in [0, 0.05) is 30.3 Å². The van der Waals surface area contributed by atoms with Crippen LogP contribution in [0.1, 0.15) is 50.4 Å². The second-order valence-electron chi connectivity index (χ2n) is 7.83. The largest absolute Gasteiger partial charge is 0.467 e. The highest BCUT2D eigenvalue weighted by Crippen LogP contribution is 2.24. The highest BCUT2D eigenvalue weighted by molar-refractivity contribution is 6.08. The van der Waals surface area contributed by atoms with E-state index in [1.807, 2.05) is 51.2 Å². The number of unbranched alkanes of at least 4 members (excludes halogenated alkanes) is 2. The standard InChI is InChI=1S/C21H30N2O4/c1-21(2,3)18(20(26)27-4)22-19(25)16-14-23(12-8-5-9-13-24)17-11-7-6-10-15(16)17/h6-7,10-11,14,18,24H,5,8-9,12-13H2,1-4H3,(H,22,25). The van der Waals surface area contributed by atoms with E-state index in [0.29, 0.717) is 5.56 Å². The lowest BCUT2D eigenvalue weighted by molar-refractivity contribution is -0.145. The third-order valence-corrected chi connectivity index (χ3v) is 4.67. The number of esters is 1. The van der Waals surface area contributed by atoms with E-state index in [1.54, 1.807) is 0 Å². The van der Waals surface area contributed by atoms with Gasteiger partial charge in [0.15, 0.2) is 0 Å². The van der Waals surface area contributed by atoms with E-state index in [1.165, 1.54) is 7.11 Å². The summed E-state index contributed by atoms with van der Waals surface area (Å²) in [6, 6.07) is 7.01. The number of benzene rings is 1. The molecular weight excluding hydrogens is 344 g/mol. The molecule has 0 aliphatic rings. The Labute approximate surface area is 160 Å². The highest BCUT2D eigenvalue weighted by Gasteiger charge is 2.34. The summed E-state index contributed by atoms with van der Waals surface area (Å²) in [5.74, 6) is -0.741. The van der Waals surface area contributed by atoms with Crippen molar-refractivity contribution in [3.05, 3.63) is 36.0 Å². The molecule has 148 valence electrons. The molecule has 0 fully saturated rings. The van der Waals surface area contributed by atoms with Gasteiger partial charge >= 0.3 is 5.97 Å². The first-order valence-electron chi connectivity index (χ1n) is 9.37. The molecule has 0 spiro atoms. The van der Waals surface area contributed by atoms with Crippen molar-refractivity contribution in [2.45, 2.75) is 52.6 Å². The van der Waals surface area contributed by atoms with Crippen LogP contribution in [-0.2, 0) is 16.1 Å². The third kappa shape index (κ3) is 5.10. The zero-order valence-corrected chi connectivity index (χ0v) is 16.6. The number of para-hydroxylation sites is 1. The summed E-state index contributed by atoms with van der Waals surface area (Å²) in [7, 11) is 1.32. The first-order chi connectivity index (χ1) is 12.8. The predicted molar refractivity (Wildman–Crippen MR) is 106 cm³/mol. The number of aromatic nitrogens is 1. The maximum absolute atomic E-state index is 13.0. The van der Waals surface area contributed by atoms with Gasteiger partial charge in [-0.15, -0.1) is 0 Å². The molecule has 6 nitrogen and oxygen atoms in total. The molecule has 0 radical (unpaired) electrons. The third-order valence-electron chi connectivity index (χ3n) is 4.67. The number of aliphatic hydroxyl groups is 1. The van der Waals surface area contributed by atoms with Gasteiger partial charge in [-0.3, -0.25) is 4.79 Å². The average Bonchev–Trinajstić information content (AvgIpc) is 3.00. The van der Waals surface area contributed by atoms with E-state index < -0.39 is 17.4 Å². The molecule has 2 aromatic rings. The minimum absolute atomic E-state index is 0.196. The number of carbonyl (C=O) groups is 2. The topological polar surface area (TPSA) is 80.6 Å². The number of amides is 1. The lowest BCUT2D eigenvalue weighted by atomic mass is 9.86. The smallest absolute Gasteiger partial charge is 0.328 e. The van der Waals surface area contributed by atoms with Crippen LogP contribution in [0.3, 0.4) is 0 Å². The van der Waals surface area contributed by atoms with Gasteiger partial charge in [-0.2, -0.15) is 0 Å². The molecule has 2 rings (SSSR count). The van der Waals surface area contributed by atoms with Gasteiger partial charge in [-0.05, 0) is 30.7 Å². The number of hydrogen-bond acceptors (Lipinski definition) is 4. The minimum atomic E-state index is -0.735. The van der Waals surface area contributed by atoms with E-state index in [-0.39, 0.29) is 12.5 Å². The van der Waals surface area contributed by atoms with Crippen LogP contribution in [0.4, 0.5) is 0 Å². The first kappa shape index (κ1) is 21.0. The van der Waals surface area contributed by atoms with Crippen LogP contribution in [0, 0.1) is 5.41 Å². The number of nitrogens with zero attached hydrogens (tertiary/aromatic N) is 1. The molecular formula is C21H30N2O4. The normalized spacial score (nSPS) is 12.8. The van der Waals surface area contributed by atoms with Crippen LogP contribution in [-0.4, -0.2) is 41.3 Å². The Kier molecular flexibility index (Phi) is 7.02. The number of aryl methyl sites for hydroxylation is 1.